The third-order valence-electron chi connectivity index (χ3n) is 4.51. The number of nitrogens with zero attached hydrogens (tertiary/aromatic N) is 1. The second kappa shape index (κ2) is 4.88. The van der Waals surface area contributed by atoms with Crippen molar-refractivity contribution in [3.8, 4) is 16.9 Å². The molecule has 0 saturated heterocycles. The Morgan fingerprint density at radius 3 is 2.75 bits per heavy atom. The van der Waals surface area contributed by atoms with Gasteiger partial charge in [-0.3, -0.25) is 9.63 Å². The first-order valence-electron chi connectivity index (χ1n) is 7.78. The normalized spacial score (nSPS) is 17.5. The van der Waals surface area contributed by atoms with Crippen molar-refractivity contribution in [1.82, 2.24) is 0 Å². The smallest absolute Gasteiger partial charge is 0.276 e. The number of anilines is 3. The molecule has 0 radical (unpaired) electrons. The molecule has 1 amide bonds. The summed E-state index contributed by atoms with van der Waals surface area (Å²) < 4.78 is 5.47. The van der Waals surface area contributed by atoms with Gasteiger partial charge in [0.15, 0.2) is 0 Å². The molecule has 0 aliphatic carbocycles. The lowest BCUT2D eigenvalue weighted by Crippen LogP contribution is -2.52. The lowest BCUT2D eigenvalue weighted by Gasteiger charge is -2.36. The van der Waals surface area contributed by atoms with Crippen LogP contribution in [-0.4, -0.2) is 18.6 Å². The molecule has 124 valence electrons. The Balaban J connectivity index is 1.91. The summed E-state index contributed by atoms with van der Waals surface area (Å²) in [6, 6.07) is 9.55. The number of nitrogens with one attached hydrogen (secondary N) is 1. The summed E-state index contributed by atoms with van der Waals surface area (Å²) in [6.45, 7) is 4.03. The monoisotopic (exact) mass is 325 g/mol. The number of carbonyl (C=O) groups is 1. The fourth-order valence-electron chi connectivity index (χ4n) is 3.30. The fraction of sp³-hybridized carbons (Fsp3) is 0.278. The van der Waals surface area contributed by atoms with Gasteiger partial charge in [0.05, 0.1) is 12.8 Å². The van der Waals surface area contributed by atoms with Crippen molar-refractivity contribution in [3.05, 3.63) is 35.9 Å². The summed E-state index contributed by atoms with van der Waals surface area (Å²) in [5.74, 6) is 0.593. The average molecular weight is 325 g/mol. The highest BCUT2D eigenvalue weighted by Gasteiger charge is 2.44. The van der Waals surface area contributed by atoms with Gasteiger partial charge in [-0.25, -0.2) is 0 Å². The molecule has 2 heterocycles. The van der Waals surface area contributed by atoms with Gasteiger partial charge in [-0.05, 0) is 37.6 Å². The molecule has 0 spiro atoms. The highest BCUT2D eigenvalue weighted by atomic mass is 16.7. The van der Waals surface area contributed by atoms with Crippen LogP contribution in [0.3, 0.4) is 0 Å². The Kier molecular flexibility index (Phi) is 3.02. The number of nitrogens with two attached hydrogens (primary N) is 1. The zero-order valence-corrected chi connectivity index (χ0v) is 13.8. The van der Waals surface area contributed by atoms with Gasteiger partial charge in [0.25, 0.3) is 5.91 Å². The Morgan fingerprint density at radius 1 is 1.25 bits per heavy atom. The molecule has 0 unspecified atom stereocenters. The van der Waals surface area contributed by atoms with Crippen LogP contribution in [0.5, 0.6) is 5.75 Å². The molecule has 3 N–H and O–H groups in total. The summed E-state index contributed by atoms with van der Waals surface area (Å²) in [7, 11) is 1.62. The molecule has 6 heteroatoms. The molecule has 0 saturated carbocycles. The maximum absolute atomic E-state index is 12.6. The van der Waals surface area contributed by atoms with E-state index in [1.807, 2.05) is 38.1 Å². The number of carbonyl (C=O) groups excluding carboxylic acids is 1. The van der Waals surface area contributed by atoms with Gasteiger partial charge in [-0.15, -0.1) is 0 Å². The van der Waals surface area contributed by atoms with E-state index in [0.717, 1.165) is 28.1 Å². The number of rotatable bonds is 2. The van der Waals surface area contributed by atoms with Gasteiger partial charge in [0.2, 0.25) is 0 Å². The van der Waals surface area contributed by atoms with Crippen LogP contribution in [0.4, 0.5) is 17.1 Å². The van der Waals surface area contributed by atoms with E-state index >= 15 is 0 Å². The lowest BCUT2D eigenvalue weighted by molar-refractivity contribution is -0.129. The van der Waals surface area contributed by atoms with E-state index in [4.69, 9.17) is 15.3 Å². The van der Waals surface area contributed by atoms with Crippen molar-refractivity contribution in [1.29, 1.82) is 0 Å². The highest BCUT2D eigenvalue weighted by Crippen LogP contribution is 2.47. The van der Waals surface area contributed by atoms with Crippen LogP contribution in [0.1, 0.15) is 19.4 Å². The van der Waals surface area contributed by atoms with Crippen LogP contribution in [0.15, 0.2) is 30.3 Å². The first-order chi connectivity index (χ1) is 11.4. The molecule has 2 aromatic rings. The Labute approximate surface area is 140 Å². The van der Waals surface area contributed by atoms with E-state index < -0.39 is 5.54 Å². The number of hydrogen-bond acceptors (Lipinski definition) is 5. The number of amides is 1. The number of ether oxygens (including phenoxy) is 1. The molecule has 2 aromatic carbocycles. The Bertz CT molecular complexity index is 861. The Hall–Kier alpha value is -2.73. The van der Waals surface area contributed by atoms with Crippen LogP contribution < -0.4 is 20.9 Å². The van der Waals surface area contributed by atoms with E-state index in [9.17, 15) is 4.79 Å². The van der Waals surface area contributed by atoms with Crippen molar-refractivity contribution in [3.63, 3.8) is 0 Å². The minimum Gasteiger partial charge on any atom is -0.496 e. The van der Waals surface area contributed by atoms with E-state index in [0.29, 0.717) is 18.0 Å². The van der Waals surface area contributed by atoms with Crippen LogP contribution in [0.25, 0.3) is 11.1 Å². The van der Waals surface area contributed by atoms with Gasteiger partial charge in [0.1, 0.15) is 23.6 Å². The maximum atomic E-state index is 12.6. The summed E-state index contributed by atoms with van der Waals surface area (Å²) in [5, 5.41) is 4.70. The van der Waals surface area contributed by atoms with Gasteiger partial charge >= 0.3 is 0 Å². The average Bonchev–Trinajstić information content (AvgIpc) is 2.99. The summed E-state index contributed by atoms with van der Waals surface area (Å²) in [5.41, 5.74) is 10.3. The number of hydroxylamine groups is 1. The zero-order chi connectivity index (χ0) is 17.1. The molecule has 6 nitrogen and oxygen atoms in total. The van der Waals surface area contributed by atoms with E-state index in [-0.39, 0.29) is 5.91 Å². The second-order valence-electron chi connectivity index (χ2n) is 6.57. The zero-order valence-electron chi connectivity index (χ0n) is 13.8. The van der Waals surface area contributed by atoms with Crippen LogP contribution >= 0.6 is 0 Å². The van der Waals surface area contributed by atoms with E-state index in [2.05, 4.69) is 5.32 Å². The minimum atomic E-state index is -0.699. The first-order valence-corrected chi connectivity index (χ1v) is 7.78. The largest absolute Gasteiger partial charge is 0.496 e. The van der Waals surface area contributed by atoms with Crippen molar-refractivity contribution < 1.29 is 14.4 Å². The SMILES string of the molecule is COc1cc(N)ccc1-c1ccc2c3c1CON3C(=O)C(C)(C)N2. The van der Waals surface area contributed by atoms with Crippen LogP contribution in [0.2, 0.25) is 0 Å². The number of benzene rings is 2. The number of hydrogen-bond donors (Lipinski definition) is 2. The molecule has 0 aromatic heterocycles. The predicted octanol–water partition coefficient (Wildman–Crippen LogP) is 2.93. The molecule has 4 rings (SSSR count). The third kappa shape index (κ3) is 1.96. The van der Waals surface area contributed by atoms with Crippen LogP contribution in [0, 0.1) is 0 Å². The fourth-order valence-corrected chi connectivity index (χ4v) is 3.30. The van der Waals surface area contributed by atoms with Gasteiger partial charge in [-0.2, -0.15) is 5.06 Å². The van der Waals surface area contributed by atoms with E-state index in [1.54, 1.807) is 13.2 Å². The van der Waals surface area contributed by atoms with Crippen molar-refractivity contribution in [2.75, 3.05) is 23.2 Å². The predicted molar refractivity (Wildman–Crippen MR) is 92.8 cm³/mol. The second-order valence-corrected chi connectivity index (χ2v) is 6.57. The highest BCUT2D eigenvalue weighted by molar-refractivity contribution is 6.08. The lowest BCUT2D eigenvalue weighted by atomic mass is 9.93. The number of methoxy groups -OCH3 is 1. The third-order valence-corrected chi connectivity index (χ3v) is 4.51. The van der Waals surface area contributed by atoms with Crippen molar-refractivity contribution >= 4 is 23.0 Å². The summed E-state index contributed by atoms with van der Waals surface area (Å²) in [6.07, 6.45) is 0. The molecule has 0 fully saturated rings. The molecular weight excluding hydrogens is 306 g/mol. The first kappa shape index (κ1) is 14.8. The molecule has 2 aliphatic heterocycles. The van der Waals surface area contributed by atoms with Gasteiger partial charge < -0.3 is 15.8 Å². The molecule has 24 heavy (non-hydrogen) atoms. The maximum Gasteiger partial charge on any atom is 0.276 e. The van der Waals surface area contributed by atoms with Gasteiger partial charge in [-0.1, -0.05) is 6.07 Å². The molecule has 0 bridgehead atoms. The molecular formula is C18H19N3O3. The van der Waals surface area contributed by atoms with Crippen LogP contribution in [-0.2, 0) is 16.2 Å². The quantitative estimate of drug-likeness (QED) is 0.830. The number of nitrogen functional groups attached to an aromatic ring is 1. The van der Waals surface area contributed by atoms with Crippen molar-refractivity contribution in [2.45, 2.75) is 26.0 Å². The standard InChI is InChI=1S/C18H19N3O3/c1-18(2)17(22)21-16-13(9-24-21)11(6-7-14(16)20-18)12-5-4-10(19)8-15(12)23-3/h4-8,20H,9,19H2,1-3H3. The summed E-state index contributed by atoms with van der Waals surface area (Å²) >= 11 is 0. The summed E-state index contributed by atoms with van der Waals surface area (Å²) in [4.78, 5) is 18.3. The van der Waals surface area contributed by atoms with Gasteiger partial charge in [0, 0.05) is 22.9 Å². The van der Waals surface area contributed by atoms with E-state index in [1.165, 1.54) is 5.06 Å². The molecule has 2 aliphatic rings. The topological polar surface area (TPSA) is 76.8 Å². The minimum absolute atomic E-state index is 0.102. The Morgan fingerprint density at radius 2 is 2.00 bits per heavy atom. The molecule has 0 atom stereocenters. The van der Waals surface area contributed by atoms with Crippen molar-refractivity contribution in [2.24, 2.45) is 0 Å².